The summed E-state index contributed by atoms with van der Waals surface area (Å²) in [6.07, 6.45) is 0. The number of rotatable bonds is 3. The van der Waals surface area contributed by atoms with E-state index in [-0.39, 0.29) is 0 Å². The van der Waals surface area contributed by atoms with Gasteiger partial charge in [-0.25, -0.2) is 4.79 Å². The van der Waals surface area contributed by atoms with Crippen LogP contribution in [0.5, 0.6) is 0 Å². The minimum atomic E-state index is -0.437. The summed E-state index contributed by atoms with van der Waals surface area (Å²) in [6.45, 7) is 2.06. The molecule has 2 aromatic rings. The molecule has 0 bridgehead atoms. The number of hydrogen-bond acceptors (Lipinski definition) is 4. The van der Waals surface area contributed by atoms with E-state index in [0.29, 0.717) is 23.6 Å². The van der Waals surface area contributed by atoms with E-state index >= 15 is 0 Å². The number of ether oxygens (including phenoxy) is 1. The number of nitrogens with one attached hydrogen (secondary N) is 1. The Morgan fingerprint density at radius 2 is 2.33 bits per heavy atom. The largest absolute Gasteiger partial charge is 0.461 e. The van der Waals surface area contributed by atoms with Crippen LogP contribution in [0.2, 0.25) is 0 Å². The van der Waals surface area contributed by atoms with Crippen molar-refractivity contribution in [2.45, 2.75) is 6.92 Å². The number of benzene rings is 1. The van der Waals surface area contributed by atoms with Crippen molar-refractivity contribution in [3.8, 4) is 17.3 Å². The van der Waals surface area contributed by atoms with Gasteiger partial charge in [0.1, 0.15) is 5.69 Å². The maximum Gasteiger partial charge on any atom is 0.356 e. The molecule has 0 spiro atoms. The van der Waals surface area contributed by atoms with Crippen molar-refractivity contribution in [3.63, 3.8) is 0 Å². The molecular formula is C13H11N3O2. The number of aromatic nitrogens is 2. The van der Waals surface area contributed by atoms with Gasteiger partial charge in [-0.2, -0.15) is 10.4 Å². The standard InChI is InChI=1S/C13H11N3O2/c1-2-18-13(17)12-7-11(15-16-12)10-5-3-4-9(6-10)8-14/h3-7H,2H2,1H3,(H,15,16). The van der Waals surface area contributed by atoms with E-state index in [1.54, 1.807) is 31.2 Å². The molecule has 2 rings (SSSR count). The van der Waals surface area contributed by atoms with Crippen molar-refractivity contribution in [2.24, 2.45) is 0 Å². The van der Waals surface area contributed by atoms with Crippen molar-refractivity contribution >= 4 is 5.97 Å². The molecule has 18 heavy (non-hydrogen) atoms. The normalized spacial score (nSPS) is 9.78. The molecular weight excluding hydrogens is 230 g/mol. The Morgan fingerprint density at radius 3 is 3.06 bits per heavy atom. The average Bonchev–Trinajstić information content (AvgIpc) is 2.89. The van der Waals surface area contributed by atoms with Gasteiger partial charge in [0.2, 0.25) is 0 Å². The smallest absolute Gasteiger partial charge is 0.356 e. The van der Waals surface area contributed by atoms with Gasteiger partial charge >= 0.3 is 5.97 Å². The molecule has 1 aromatic carbocycles. The van der Waals surface area contributed by atoms with Gasteiger partial charge in [0.15, 0.2) is 0 Å². The monoisotopic (exact) mass is 241 g/mol. The van der Waals surface area contributed by atoms with Gasteiger partial charge in [0.05, 0.1) is 23.9 Å². The SMILES string of the molecule is CCOC(=O)c1cc(-c2cccc(C#N)c2)n[nH]1. The maximum atomic E-state index is 11.5. The van der Waals surface area contributed by atoms with Crippen LogP contribution < -0.4 is 0 Å². The van der Waals surface area contributed by atoms with Crippen LogP contribution in [0.1, 0.15) is 23.0 Å². The molecule has 5 nitrogen and oxygen atoms in total. The number of nitrogens with zero attached hydrogens (tertiary/aromatic N) is 2. The van der Waals surface area contributed by atoms with Gasteiger partial charge in [0.25, 0.3) is 0 Å². The third-order valence-electron chi connectivity index (χ3n) is 2.36. The van der Waals surface area contributed by atoms with E-state index in [0.717, 1.165) is 5.56 Å². The number of nitriles is 1. The fourth-order valence-corrected chi connectivity index (χ4v) is 1.53. The van der Waals surface area contributed by atoms with Gasteiger partial charge < -0.3 is 4.74 Å². The molecule has 90 valence electrons. The number of carbonyl (C=O) groups is 1. The lowest BCUT2D eigenvalue weighted by Gasteiger charge is -1.96. The van der Waals surface area contributed by atoms with Crippen molar-refractivity contribution in [2.75, 3.05) is 6.61 Å². The Labute approximate surface area is 104 Å². The highest BCUT2D eigenvalue weighted by Crippen LogP contribution is 2.19. The Morgan fingerprint density at radius 1 is 1.50 bits per heavy atom. The van der Waals surface area contributed by atoms with E-state index in [1.807, 2.05) is 6.07 Å². The highest BCUT2D eigenvalue weighted by molar-refractivity contribution is 5.88. The zero-order chi connectivity index (χ0) is 13.0. The molecule has 1 N–H and O–H groups in total. The van der Waals surface area contributed by atoms with Crippen LogP contribution in [0, 0.1) is 11.3 Å². The van der Waals surface area contributed by atoms with Crippen LogP contribution in [0.15, 0.2) is 30.3 Å². The number of esters is 1. The summed E-state index contributed by atoms with van der Waals surface area (Å²) < 4.78 is 4.86. The van der Waals surface area contributed by atoms with E-state index in [9.17, 15) is 4.79 Å². The van der Waals surface area contributed by atoms with E-state index < -0.39 is 5.97 Å². The van der Waals surface area contributed by atoms with Crippen molar-refractivity contribution < 1.29 is 9.53 Å². The Hall–Kier alpha value is -2.61. The summed E-state index contributed by atoms with van der Waals surface area (Å²) in [6, 6.07) is 10.7. The van der Waals surface area contributed by atoms with Crippen LogP contribution in [-0.2, 0) is 4.74 Å². The molecule has 0 atom stereocenters. The average molecular weight is 241 g/mol. The predicted octanol–water partition coefficient (Wildman–Crippen LogP) is 2.13. The highest BCUT2D eigenvalue weighted by Gasteiger charge is 2.11. The van der Waals surface area contributed by atoms with Crippen LogP contribution in [0.3, 0.4) is 0 Å². The molecule has 5 heteroatoms. The first-order chi connectivity index (χ1) is 8.74. The molecule has 0 saturated carbocycles. The summed E-state index contributed by atoms with van der Waals surface area (Å²) in [5.41, 5.74) is 2.23. The third-order valence-corrected chi connectivity index (χ3v) is 2.36. The zero-order valence-electron chi connectivity index (χ0n) is 9.80. The van der Waals surface area contributed by atoms with Gasteiger partial charge in [-0.15, -0.1) is 0 Å². The molecule has 0 aliphatic rings. The molecule has 0 unspecified atom stereocenters. The fraction of sp³-hybridized carbons (Fsp3) is 0.154. The van der Waals surface area contributed by atoms with Gasteiger partial charge in [-0.3, -0.25) is 5.10 Å². The maximum absolute atomic E-state index is 11.5. The zero-order valence-corrected chi connectivity index (χ0v) is 9.80. The summed E-state index contributed by atoms with van der Waals surface area (Å²) in [5.74, 6) is -0.437. The minimum Gasteiger partial charge on any atom is -0.461 e. The summed E-state index contributed by atoms with van der Waals surface area (Å²) in [7, 11) is 0. The minimum absolute atomic E-state index is 0.300. The number of carbonyl (C=O) groups excluding carboxylic acids is 1. The first-order valence-electron chi connectivity index (χ1n) is 5.47. The fourth-order valence-electron chi connectivity index (χ4n) is 1.53. The molecule has 0 aliphatic carbocycles. The lowest BCUT2D eigenvalue weighted by molar-refractivity contribution is 0.0519. The lowest BCUT2D eigenvalue weighted by atomic mass is 10.1. The molecule has 0 aliphatic heterocycles. The van der Waals surface area contributed by atoms with Crippen molar-refractivity contribution in [1.82, 2.24) is 10.2 Å². The van der Waals surface area contributed by atoms with E-state index in [2.05, 4.69) is 16.3 Å². The Kier molecular flexibility index (Phi) is 3.39. The number of H-pyrrole nitrogens is 1. The molecule has 1 aromatic heterocycles. The second-order valence-electron chi connectivity index (χ2n) is 3.58. The Balaban J connectivity index is 2.29. The topological polar surface area (TPSA) is 78.8 Å². The molecule has 0 saturated heterocycles. The molecule has 0 amide bonds. The quantitative estimate of drug-likeness (QED) is 0.835. The van der Waals surface area contributed by atoms with Crippen LogP contribution >= 0.6 is 0 Å². The molecule has 1 heterocycles. The van der Waals surface area contributed by atoms with Crippen molar-refractivity contribution in [1.29, 1.82) is 5.26 Å². The highest BCUT2D eigenvalue weighted by atomic mass is 16.5. The third kappa shape index (κ3) is 2.38. The first kappa shape index (κ1) is 11.9. The second kappa shape index (κ2) is 5.15. The summed E-state index contributed by atoms with van der Waals surface area (Å²) in [5, 5.41) is 15.5. The van der Waals surface area contributed by atoms with Crippen LogP contribution in [0.25, 0.3) is 11.3 Å². The Bertz CT molecular complexity index is 611. The van der Waals surface area contributed by atoms with Gasteiger partial charge in [-0.05, 0) is 25.1 Å². The van der Waals surface area contributed by atoms with E-state index in [4.69, 9.17) is 10.00 Å². The summed E-state index contributed by atoms with van der Waals surface area (Å²) in [4.78, 5) is 11.5. The van der Waals surface area contributed by atoms with Gasteiger partial charge in [0, 0.05) is 5.56 Å². The first-order valence-corrected chi connectivity index (χ1v) is 5.47. The number of aromatic amines is 1. The van der Waals surface area contributed by atoms with Crippen LogP contribution in [-0.4, -0.2) is 22.8 Å². The van der Waals surface area contributed by atoms with E-state index in [1.165, 1.54) is 0 Å². The second-order valence-corrected chi connectivity index (χ2v) is 3.58. The van der Waals surface area contributed by atoms with Crippen LogP contribution in [0.4, 0.5) is 0 Å². The summed E-state index contributed by atoms with van der Waals surface area (Å²) >= 11 is 0. The lowest BCUT2D eigenvalue weighted by Crippen LogP contribution is -2.04. The van der Waals surface area contributed by atoms with Crippen molar-refractivity contribution in [3.05, 3.63) is 41.6 Å². The van der Waals surface area contributed by atoms with Gasteiger partial charge in [-0.1, -0.05) is 12.1 Å². The molecule has 0 radical (unpaired) electrons. The predicted molar refractivity (Wildman–Crippen MR) is 64.7 cm³/mol. The molecule has 0 fully saturated rings. The number of hydrogen-bond donors (Lipinski definition) is 1.